The Morgan fingerprint density at radius 1 is 1.00 bits per heavy atom. The fourth-order valence-electron chi connectivity index (χ4n) is 3.67. The molecular formula is C23H25BrN2OS. The molecule has 0 spiro atoms. The van der Waals surface area contributed by atoms with E-state index < -0.39 is 0 Å². The molecule has 146 valence electrons. The summed E-state index contributed by atoms with van der Waals surface area (Å²) in [5.41, 5.74) is 2.48. The Hall–Kier alpha value is -1.66. The molecule has 1 aromatic heterocycles. The van der Waals surface area contributed by atoms with Crippen LogP contribution in [0.1, 0.15) is 28.5 Å². The van der Waals surface area contributed by atoms with E-state index in [-0.39, 0.29) is 6.04 Å². The van der Waals surface area contributed by atoms with Gasteiger partial charge in [0.05, 0.1) is 9.83 Å². The highest BCUT2D eigenvalue weighted by atomic mass is 79.9. The number of rotatable bonds is 6. The van der Waals surface area contributed by atoms with Gasteiger partial charge in [0, 0.05) is 24.5 Å². The van der Waals surface area contributed by atoms with E-state index in [4.69, 9.17) is 4.74 Å². The van der Waals surface area contributed by atoms with Crippen LogP contribution >= 0.6 is 27.3 Å². The summed E-state index contributed by atoms with van der Waals surface area (Å²) in [7, 11) is 0. The zero-order valence-corrected chi connectivity index (χ0v) is 18.2. The number of thiophene rings is 1. The minimum absolute atomic E-state index is 0.261. The fraction of sp³-hybridized carbons (Fsp3) is 0.304. The van der Waals surface area contributed by atoms with Gasteiger partial charge in [-0.2, -0.15) is 0 Å². The van der Waals surface area contributed by atoms with Crippen molar-refractivity contribution >= 4 is 27.3 Å². The van der Waals surface area contributed by atoms with E-state index in [1.807, 2.05) is 29.5 Å². The van der Waals surface area contributed by atoms with Crippen LogP contribution in [0.4, 0.5) is 0 Å². The first-order valence-corrected chi connectivity index (χ1v) is 11.4. The summed E-state index contributed by atoms with van der Waals surface area (Å²) in [4.78, 5) is 3.96. The lowest BCUT2D eigenvalue weighted by Gasteiger charge is -2.30. The summed E-state index contributed by atoms with van der Waals surface area (Å²) < 4.78 is 7.28. The summed E-state index contributed by atoms with van der Waals surface area (Å²) in [5, 5.41) is 3.52. The molecule has 0 aliphatic carbocycles. The van der Waals surface area contributed by atoms with Gasteiger partial charge in [0.15, 0.2) is 0 Å². The zero-order chi connectivity index (χ0) is 19.2. The molecule has 1 aliphatic rings. The minimum atomic E-state index is 0.261. The van der Waals surface area contributed by atoms with Crippen molar-refractivity contribution in [1.82, 2.24) is 10.2 Å². The van der Waals surface area contributed by atoms with Crippen molar-refractivity contribution < 1.29 is 4.74 Å². The number of nitrogens with one attached hydrogen (secondary N) is 1. The summed E-state index contributed by atoms with van der Waals surface area (Å²) in [6.45, 7) is 4.87. The Morgan fingerprint density at radius 3 is 2.71 bits per heavy atom. The van der Waals surface area contributed by atoms with E-state index in [1.165, 1.54) is 26.2 Å². The van der Waals surface area contributed by atoms with E-state index >= 15 is 0 Å². The van der Waals surface area contributed by atoms with Gasteiger partial charge in [-0.05, 0) is 64.3 Å². The first-order chi connectivity index (χ1) is 13.8. The maximum atomic E-state index is 6.10. The Morgan fingerprint density at radius 2 is 1.89 bits per heavy atom. The molecular weight excluding hydrogens is 432 g/mol. The highest BCUT2D eigenvalue weighted by Gasteiger charge is 2.25. The Kier molecular flexibility index (Phi) is 6.81. The summed E-state index contributed by atoms with van der Waals surface area (Å²) in [5.74, 6) is 0.926. The van der Waals surface area contributed by atoms with E-state index in [9.17, 15) is 0 Å². The number of halogens is 1. The molecule has 1 unspecified atom stereocenters. The molecule has 0 saturated carbocycles. The fourth-order valence-corrected chi connectivity index (χ4v) is 5.26. The number of hydrogen-bond acceptors (Lipinski definition) is 4. The molecule has 28 heavy (non-hydrogen) atoms. The van der Waals surface area contributed by atoms with Crippen LogP contribution in [-0.2, 0) is 6.61 Å². The highest BCUT2D eigenvalue weighted by molar-refractivity contribution is 9.11. The third-order valence-corrected chi connectivity index (χ3v) is 6.70. The Balaban J connectivity index is 1.58. The van der Waals surface area contributed by atoms with E-state index in [2.05, 4.69) is 74.7 Å². The van der Waals surface area contributed by atoms with Crippen LogP contribution < -0.4 is 10.1 Å². The maximum absolute atomic E-state index is 6.10. The number of nitrogens with zero attached hydrogens (tertiary/aromatic N) is 1. The van der Waals surface area contributed by atoms with Gasteiger partial charge in [0.25, 0.3) is 0 Å². The third kappa shape index (κ3) is 5.03. The van der Waals surface area contributed by atoms with Crippen LogP contribution in [0, 0.1) is 0 Å². The van der Waals surface area contributed by atoms with E-state index in [0.717, 1.165) is 31.9 Å². The van der Waals surface area contributed by atoms with Crippen molar-refractivity contribution in [3.63, 3.8) is 0 Å². The van der Waals surface area contributed by atoms with Gasteiger partial charge in [-0.3, -0.25) is 4.90 Å². The first-order valence-electron chi connectivity index (χ1n) is 9.76. The molecule has 1 atom stereocenters. The molecule has 1 saturated heterocycles. The molecule has 0 bridgehead atoms. The van der Waals surface area contributed by atoms with Gasteiger partial charge in [0.1, 0.15) is 12.4 Å². The average Bonchev–Trinajstić information content (AvgIpc) is 2.98. The van der Waals surface area contributed by atoms with Crippen LogP contribution in [0.2, 0.25) is 0 Å². The lowest BCUT2D eigenvalue weighted by Crippen LogP contribution is -2.32. The minimum Gasteiger partial charge on any atom is -0.489 e. The molecule has 2 heterocycles. The second kappa shape index (κ2) is 9.70. The molecule has 5 heteroatoms. The SMILES string of the molecule is Brc1ccc(C(c2cccc(OCc3ccccc3)c2)N2CCCNCC2)s1. The van der Waals surface area contributed by atoms with Crippen molar-refractivity contribution in [1.29, 1.82) is 0 Å². The molecule has 3 aromatic rings. The number of ether oxygens (including phenoxy) is 1. The van der Waals surface area contributed by atoms with Crippen LogP contribution in [0.5, 0.6) is 5.75 Å². The number of benzene rings is 2. The van der Waals surface area contributed by atoms with E-state index in [1.54, 1.807) is 0 Å². The number of hydrogen-bond donors (Lipinski definition) is 1. The van der Waals surface area contributed by atoms with Crippen molar-refractivity contribution in [2.24, 2.45) is 0 Å². The largest absolute Gasteiger partial charge is 0.489 e. The second-order valence-corrected chi connectivity index (χ2v) is 9.53. The van der Waals surface area contributed by atoms with Gasteiger partial charge in [-0.25, -0.2) is 0 Å². The summed E-state index contributed by atoms with van der Waals surface area (Å²) >= 11 is 5.46. The first kappa shape index (κ1) is 19.6. The van der Waals surface area contributed by atoms with Gasteiger partial charge in [-0.1, -0.05) is 42.5 Å². The van der Waals surface area contributed by atoms with Crippen LogP contribution in [0.15, 0.2) is 70.5 Å². The van der Waals surface area contributed by atoms with Crippen molar-refractivity contribution in [2.75, 3.05) is 26.2 Å². The van der Waals surface area contributed by atoms with Crippen LogP contribution in [0.25, 0.3) is 0 Å². The second-order valence-electron chi connectivity index (χ2n) is 7.03. The lowest BCUT2D eigenvalue weighted by atomic mass is 10.0. The normalized spacial score (nSPS) is 16.5. The molecule has 3 nitrogen and oxygen atoms in total. The molecule has 1 N–H and O–H groups in total. The highest BCUT2D eigenvalue weighted by Crippen LogP contribution is 2.36. The van der Waals surface area contributed by atoms with Crippen molar-refractivity contribution in [2.45, 2.75) is 19.1 Å². The standard InChI is InChI=1S/C23H25BrN2OS/c24-22-11-10-21(28-22)23(26-14-5-12-25-13-15-26)19-8-4-9-20(16-19)27-17-18-6-2-1-3-7-18/h1-4,6-11,16,23,25H,5,12-15,17H2. The van der Waals surface area contributed by atoms with Crippen molar-refractivity contribution in [3.05, 3.63) is 86.5 Å². The molecule has 0 radical (unpaired) electrons. The average molecular weight is 457 g/mol. The van der Waals surface area contributed by atoms with Crippen LogP contribution in [0.3, 0.4) is 0 Å². The zero-order valence-electron chi connectivity index (χ0n) is 15.8. The monoisotopic (exact) mass is 456 g/mol. The quantitative estimate of drug-likeness (QED) is 0.531. The Labute approximate surface area is 179 Å². The maximum Gasteiger partial charge on any atom is 0.120 e. The molecule has 1 aliphatic heterocycles. The summed E-state index contributed by atoms with van der Waals surface area (Å²) in [6, 6.07) is 23.6. The topological polar surface area (TPSA) is 24.5 Å². The van der Waals surface area contributed by atoms with Gasteiger partial charge in [0.2, 0.25) is 0 Å². The molecule has 4 rings (SSSR count). The molecule has 1 fully saturated rings. The van der Waals surface area contributed by atoms with Gasteiger partial charge >= 0.3 is 0 Å². The van der Waals surface area contributed by atoms with Crippen molar-refractivity contribution in [3.8, 4) is 5.75 Å². The van der Waals surface area contributed by atoms with Crippen LogP contribution in [-0.4, -0.2) is 31.1 Å². The smallest absolute Gasteiger partial charge is 0.120 e. The summed E-state index contributed by atoms with van der Waals surface area (Å²) in [6.07, 6.45) is 1.17. The lowest BCUT2D eigenvalue weighted by molar-refractivity contribution is 0.242. The van der Waals surface area contributed by atoms with Gasteiger partial charge < -0.3 is 10.1 Å². The third-order valence-electron chi connectivity index (χ3n) is 5.03. The Bertz CT molecular complexity index is 875. The predicted molar refractivity (Wildman–Crippen MR) is 120 cm³/mol. The molecule has 2 aromatic carbocycles. The van der Waals surface area contributed by atoms with Gasteiger partial charge in [-0.15, -0.1) is 11.3 Å². The van der Waals surface area contributed by atoms with E-state index in [0.29, 0.717) is 6.61 Å². The molecule has 0 amide bonds. The predicted octanol–water partition coefficient (Wildman–Crippen LogP) is 5.47.